The number of hydrogen-bond donors (Lipinski definition) is 1. The molecule has 21 heavy (non-hydrogen) atoms. The van der Waals surface area contributed by atoms with E-state index in [0.29, 0.717) is 12.1 Å². The van der Waals surface area contributed by atoms with Gasteiger partial charge in [0, 0.05) is 36.3 Å². The van der Waals surface area contributed by atoms with Crippen molar-refractivity contribution in [3.63, 3.8) is 0 Å². The van der Waals surface area contributed by atoms with E-state index in [1.165, 1.54) is 0 Å². The number of morpholine rings is 1. The molecule has 2 heterocycles. The molecule has 0 radical (unpaired) electrons. The minimum absolute atomic E-state index is 0.0807. The van der Waals surface area contributed by atoms with Gasteiger partial charge in [-0.05, 0) is 18.2 Å². The summed E-state index contributed by atoms with van der Waals surface area (Å²) in [7, 11) is 1.92. The Balaban J connectivity index is 1.92. The number of aryl methyl sites for hydroxylation is 1. The van der Waals surface area contributed by atoms with E-state index in [0.717, 1.165) is 10.9 Å². The summed E-state index contributed by atoms with van der Waals surface area (Å²) in [6.45, 7) is 0.733. The number of carbonyl (C=O) groups is 2. The number of fused-ring (bicyclic) bond motifs is 1. The highest BCUT2D eigenvalue weighted by Crippen LogP contribution is 2.21. The number of hydrogen-bond acceptors (Lipinski definition) is 3. The maximum absolute atomic E-state index is 12.7. The summed E-state index contributed by atoms with van der Waals surface area (Å²) in [5.41, 5.74) is 1.57. The van der Waals surface area contributed by atoms with Gasteiger partial charge in [-0.25, -0.2) is 4.79 Å². The lowest BCUT2D eigenvalue weighted by molar-refractivity contribution is -0.154. The number of amides is 1. The van der Waals surface area contributed by atoms with Gasteiger partial charge in [0.25, 0.3) is 5.91 Å². The fourth-order valence-electron chi connectivity index (χ4n) is 2.64. The number of aromatic nitrogens is 1. The molecule has 0 bridgehead atoms. The van der Waals surface area contributed by atoms with Gasteiger partial charge in [-0.1, -0.05) is 6.07 Å². The van der Waals surface area contributed by atoms with Crippen molar-refractivity contribution in [2.24, 2.45) is 7.05 Å². The van der Waals surface area contributed by atoms with E-state index < -0.39 is 12.1 Å². The van der Waals surface area contributed by atoms with Crippen molar-refractivity contribution < 1.29 is 19.4 Å². The third kappa shape index (κ3) is 2.38. The quantitative estimate of drug-likeness (QED) is 0.898. The van der Waals surface area contributed by atoms with Gasteiger partial charge in [-0.2, -0.15) is 0 Å². The summed E-state index contributed by atoms with van der Waals surface area (Å²) in [6.07, 6.45) is 0.957. The fourth-order valence-corrected chi connectivity index (χ4v) is 2.64. The first-order valence-corrected chi connectivity index (χ1v) is 6.75. The Morgan fingerprint density at radius 2 is 2.14 bits per heavy atom. The predicted octanol–water partition coefficient (Wildman–Crippen LogP) is 1.10. The van der Waals surface area contributed by atoms with Crippen molar-refractivity contribution in [1.82, 2.24) is 9.47 Å². The molecule has 1 amide bonds. The SMILES string of the molecule is Cn1ccc2c(C(=O)N3CCO[C@@H](C(=O)O)C3)cccc21. The summed E-state index contributed by atoms with van der Waals surface area (Å²) < 4.78 is 7.10. The van der Waals surface area contributed by atoms with E-state index in [1.807, 2.05) is 36.0 Å². The fraction of sp³-hybridized carbons (Fsp3) is 0.333. The first kappa shape index (κ1) is 13.6. The van der Waals surface area contributed by atoms with Crippen LogP contribution in [0.5, 0.6) is 0 Å². The molecule has 0 saturated carbocycles. The molecule has 1 aliphatic rings. The molecular weight excluding hydrogens is 272 g/mol. The summed E-state index contributed by atoms with van der Waals surface area (Å²) in [6, 6.07) is 7.46. The monoisotopic (exact) mass is 288 g/mol. The van der Waals surface area contributed by atoms with Crippen LogP contribution in [0.1, 0.15) is 10.4 Å². The first-order valence-electron chi connectivity index (χ1n) is 6.75. The summed E-state index contributed by atoms with van der Waals surface area (Å²) in [5, 5.41) is 9.90. The van der Waals surface area contributed by atoms with Crippen LogP contribution in [0, 0.1) is 0 Å². The smallest absolute Gasteiger partial charge is 0.334 e. The number of aliphatic carboxylic acids is 1. The van der Waals surface area contributed by atoms with E-state index in [2.05, 4.69) is 0 Å². The number of carboxylic acids is 1. The van der Waals surface area contributed by atoms with Crippen LogP contribution in [0.4, 0.5) is 0 Å². The first-order chi connectivity index (χ1) is 10.1. The van der Waals surface area contributed by atoms with Gasteiger partial charge in [0.05, 0.1) is 13.2 Å². The second kappa shape index (κ2) is 5.21. The Bertz CT molecular complexity index is 707. The molecule has 1 atom stereocenters. The van der Waals surface area contributed by atoms with E-state index in [1.54, 1.807) is 11.0 Å². The van der Waals surface area contributed by atoms with E-state index >= 15 is 0 Å². The van der Waals surface area contributed by atoms with Crippen LogP contribution < -0.4 is 0 Å². The molecular formula is C15H16N2O4. The largest absolute Gasteiger partial charge is 0.479 e. The van der Waals surface area contributed by atoms with Crippen LogP contribution in [0.25, 0.3) is 10.9 Å². The van der Waals surface area contributed by atoms with Gasteiger partial charge in [-0.15, -0.1) is 0 Å². The highest BCUT2D eigenvalue weighted by atomic mass is 16.5. The molecule has 1 aromatic carbocycles. The third-order valence-electron chi connectivity index (χ3n) is 3.79. The topological polar surface area (TPSA) is 71.8 Å². The molecule has 1 saturated heterocycles. The minimum atomic E-state index is -1.04. The van der Waals surface area contributed by atoms with Crippen molar-refractivity contribution in [2.45, 2.75) is 6.10 Å². The van der Waals surface area contributed by atoms with E-state index in [4.69, 9.17) is 9.84 Å². The molecule has 6 nitrogen and oxygen atoms in total. The summed E-state index contributed by atoms with van der Waals surface area (Å²) >= 11 is 0. The highest BCUT2D eigenvalue weighted by Gasteiger charge is 2.30. The van der Waals surface area contributed by atoms with Crippen molar-refractivity contribution in [1.29, 1.82) is 0 Å². The van der Waals surface area contributed by atoms with E-state index in [9.17, 15) is 9.59 Å². The molecule has 110 valence electrons. The second-order valence-electron chi connectivity index (χ2n) is 5.11. The standard InChI is InChI=1S/C15H16N2O4/c1-16-6-5-10-11(3-2-4-12(10)16)14(18)17-7-8-21-13(9-17)15(19)20/h2-6,13H,7-9H2,1H3,(H,19,20)/t13-/m1/s1. The van der Waals surface area contributed by atoms with Gasteiger partial charge in [-0.3, -0.25) is 4.79 Å². The third-order valence-corrected chi connectivity index (χ3v) is 3.79. The molecule has 1 aromatic heterocycles. The predicted molar refractivity (Wildman–Crippen MR) is 76.2 cm³/mol. The molecule has 1 fully saturated rings. The molecule has 0 spiro atoms. The van der Waals surface area contributed by atoms with Gasteiger partial charge >= 0.3 is 5.97 Å². The lowest BCUT2D eigenvalue weighted by Gasteiger charge is -2.31. The Hall–Kier alpha value is -2.34. The zero-order valence-corrected chi connectivity index (χ0v) is 11.7. The van der Waals surface area contributed by atoms with E-state index in [-0.39, 0.29) is 19.1 Å². The molecule has 3 rings (SSSR count). The lowest BCUT2D eigenvalue weighted by Crippen LogP contribution is -2.48. The molecule has 0 unspecified atom stereocenters. The highest BCUT2D eigenvalue weighted by molar-refractivity contribution is 6.06. The second-order valence-corrected chi connectivity index (χ2v) is 5.11. The van der Waals surface area contributed by atoms with Crippen molar-refractivity contribution in [3.05, 3.63) is 36.0 Å². The number of nitrogens with zero attached hydrogens (tertiary/aromatic N) is 2. The van der Waals surface area contributed by atoms with Crippen LogP contribution in [-0.4, -0.2) is 52.3 Å². The molecule has 2 aromatic rings. The number of ether oxygens (including phenoxy) is 1. The summed E-state index contributed by atoms with van der Waals surface area (Å²) in [4.78, 5) is 25.2. The van der Waals surface area contributed by atoms with Crippen LogP contribution in [0.15, 0.2) is 30.5 Å². The van der Waals surface area contributed by atoms with Crippen molar-refractivity contribution in [3.8, 4) is 0 Å². The number of carboxylic acid groups (broad SMARTS) is 1. The van der Waals surface area contributed by atoms with Crippen molar-refractivity contribution >= 4 is 22.8 Å². The van der Waals surface area contributed by atoms with Gasteiger partial charge < -0.3 is 19.3 Å². The number of benzene rings is 1. The average molecular weight is 288 g/mol. The summed E-state index contributed by atoms with van der Waals surface area (Å²) in [5.74, 6) is -1.19. The molecule has 1 aliphatic heterocycles. The Morgan fingerprint density at radius 3 is 2.90 bits per heavy atom. The normalized spacial score (nSPS) is 18.9. The van der Waals surface area contributed by atoms with Gasteiger partial charge in [0.2, 0.25) is 0 Å². The van der Waals surface area contributed by atoms with Crippen LogP contribution >= 0.6 is 0 Å². The molecule has 1 N–H and O–H groups in total. The average Bonchev–Trinajstić information content (AvgIpc) is 2.88. The van der Waals surface area contributed by atoms with Crippen LogP contribution in [0.2, 0.25) is 0 Å². The maximum atomic E-state index is 12.7. The number of carbonyl (C=O) groups excluding carboxylic acids is 1. The molecule has 0 aliphatic carbocycles. The zero-order valence-electron chi connectivity index (χ0n) is 11.7. The van der Waals surface area contributed by atoms with Gasteiger partial charge in [0.15, 0.2) is 6.10 Å². The van der Waals surface area contributed by atoms with Gasteiger partial charge in [0.1, 0.15) is 0 Å². The minimum Gasteiger partial charge on any atom is -0.479 e. The lowest BCUT2D eigenvalue weighted by atomic mass is 10.1. The zero-order chi connectivity index (χ0) is 15.0. The Kier molecular flexibility index (Phi) is 3.39. The van der Waals surface area contributed by atoms with Crippen LogP contribution in [0.3, 0.4) is 0 Å². The van der Waals surface area contributed by atoms with Crippen molar-refractivity contribution in [2.75, 3.05) is 19.7 Å². The Labute approximate surface area is 121 Å². The van der Waals surface area contributed by atoms with Crippen LogP contribution in [-0.2, 0) is 16.6 Å². The number of rotatable bonds is 2. The Morgan fingerprint density at radius 1 is 1.33 bits per heavy atom. The molecule has 6 heteroatoms. The maximum Gasteiger partial charge on any atom is 0.334 e.